The quantitative estimate of drug-likeness (QED) is 0.592. The zero-order chi connectivity index (χ0) is 17.9. The van der Waals surface area contributed by atoms with Crippen LogP contribution in [0.3, 0.4) is 0 Å². The summed E-state index contributed by atoms with van der Waals surface area (Å²) in [6.07, 6.45) is 0.907. The molecule has 0 unspecified atom stereocenters. The highest BCUT2D eigenvalue weighted by Gasteiger charge is 2.06. The molecule has 0 aliphatic rings. The summed E-state index contributed by atoms with van der Waals surface area (Å²) in [4.78, 5) is 6.39. The molecule has 134 valence electrons. The maximum absolute atomic E-state index is 5.73. The van der Waals surface area contributed by atoms with E-state index in [1.54, 1.807) is 14.2 Å². The first-order valence-corrected chi connectivity index (χ1v) is 8.45. The van der Waals surface area contributed by atoms with Gasteiger partial charge in [-0.3, -0.25) is 4.99 Å². The molecule has 0 spiro atoms. The van der Waals surface area contributed by atoms with Gasteiger partial charge in [0.2, 0.25) is 0 Å². The van der Waals surface area contributed by atoms with Crippen LogP contribution in [0.5, 0.6) is 11.5 Å². The van der Waals surface area contributed by atoms with Crippen LogP contribution in [-0.2, 0) is 6.42 Å². The molecular formula is C20H27N3O2. The van der Waals surface area contributed by atoms with E-state index >= 15 is 0 Å². The van der Waals surface area contributed by atoms with Crippen molar-refractivity contribution >= 4 is 5.96 Å². The Kier molecular flexibility index (Phi) is 7.63. The molecular weight excluding hydrogens is 314 g/mol. The molecule has 2 aromatic carbocycles. The summed E-state index contributed by atoms with van der Waals surface area (Å²) in [7, 11) is 5.49. The highest BCUT2D eigenvalue weighted by atomic mass is 16.5. The number of likely N-dealkylation sites (N-methyl/N-ethyl adjacent to an activating group) is 1. The average Bonchev–Trinajstić information content (AvgIpc) is 2.66. The topological polar surface area (TPSA) is 46.1 Å². The molecule has 2 rings (SSSR count). The molecule has 1 N–H and O–H groups in total. The number of aliphatic imine (C=N–C) groups is 1. The minimum atomic E-state index is 0.608. The Morgan fingerprint density at radius 1 is 1.08 bits per heavy atom. The second kappa shape index (κ2) is 10.2. The largest absolute Gasteiger partial charge is 0.497 e. The van der Waals surface area contributed by atoms with E-state index in [9.17, 15) is 0 Å². The van der Waals surface area contributed by atoms with E-state index in [1.807, 2.05) is 49.5 Å². The summed E-state index contributed by atoms with van der Waals surface area (Å²) in [6.45, 7) is 2.18. The number of nitrogens with zero attached hydrogens (tertiary/aromatic N) is 2. The van der Waals surface area contributed by atoms with Crippen LogP contribution >= 0.6 is 0 Å². The number of ether oxygens (including phenoxy) is 2. The van der Waals surface area contributed by atoms with Crippen LogP contribution in [0.4, 0.5) is 0 Å². The molecule has 0 saturated carbocycles. The van der Waals surface area contributed by atoms with Crippen LogP contribution in [0.2, 0.25) is 0 Å². The first kappa shape index (κ1) is 18.6. The molecule has 0 aliphatic heterocycles. The predicted octanol–water partition coefficient (Wildman–Crippen LogP) is 2.82. The third kappa shape index (κ3) is 6.37. The Morgan fingerprint density at radius 2 is 1.84 bits per heavy atom. The van der Waals surface area contributed by atoms with Gasteiger partial charge in [0.1, 0.15) is 18.1 Å². The van der Waals surface area contributed by atoms with Gasteiger partial charge in [-0.2, -0.15) is 0 Å². The number of hydrogen-bond acceptors (Lipinski definition) is 3. The lowest BCUT2D eigenvalue weighted by Crippen LogP contribution is -2.41. The molecule has 5 heteroatoms. The molecule has 0 atom stereocenters. The molecule has 0 fully saturated rings. The summed E-state index contributed by atoms with van der Waals surface area (Å²) in [6, 6.07) is 18.0. The van der Waals surface area contributed by atoms with Crippen molar-refractivity contribution in [2.24, 2.45) is 4.99 Å². The van der Waals surface area contributed by atoms with E-state index in [4.69, 9.17) is 9.47 Å². The lowest BCUT2D eigenvalue weighted by Gasteiger charge is -2.22. The number of rotatable bonds is 8. The lowest BCUT2D eigenvalue weighted by molar-refractivity contribution is 0.281. The third-order valence-electron chi connectivity index (χ3n) is 3.84. The van der Waals surface area contributed by atoms with Crippen molar-refractivity contribution in [2.45, 2.75) is 6.42 Å². The Balaban J connectivity index is 1.73. The fourth-order valence-corrected chi connectivity index (χ4v) is 2.45. The Morgan fingerprint density at radius 3 is 2.56 bits per heavy atom. The van der Waals surface area contributed by atoms with Crippen LogP contribution < -0.4 is 14.8 Å². The van der Waals surface area contributed by atoms with Crippen LogP contribution in [0.25, 0.3) is 0 Å². The van der Waals surface area contributed by atoms with Crippen molar-refractivity contribution in [1.82, 2.24) is 10.2 Å². The van der Waals surface area contributed by atoms with Crippen LogP contribution in [0.15, 0.2) is 59.6 Å². The van der Waals surface area contributed by atoms with Gasteiger partial charge in [0.25, 0.3) is 0 Å². The summed E-state index contributed by atoms with van der Waals surface area (Å²) >= 11 is 0. The maximum Gasteiger partial charge on any atom is 0.193 e. The van der Waals surface area contributed by atoms with Gasteiger partial charge in [0, 0.05) is 20.6 Å². The Bertz CT molecular complexity index is 659. The van der Waals surface area contributed by atoms with Crippen molar-refractivity contribution in [3.63, 3.8) is 0 Å². The van der Waals surface area contributed by atoms with Crippen molar-refractivity contribution in [3.05, 3.63) is 60.2 Å². The van der Waals surface area contributed by atoms with E-state index in [0.717, 1.165) is 37.0 Å². The van der Waals surface area contributed by atoms with Gasteiger partial charge in [-0.05, 0) is 36.2 Å². The average molecular weight is 341 g/mol. The molecule has 0 saturated heterocycles. The van der Waals surface area contributed by atoms with Crippen molar-refractivity contribution in [1.29, 1.82) is 0 Å². The normalized spacial score (nSPS) is 11.1. The van der Waals surface area contributed by atoms with Gasteiger partial charge in [-0.15, -0.1) is 0 Å². The Labute approximate surface area is 150 Å². The van der Waals surface area contributed by atoms with E-state index in [1.165, 1.54) is 5.56 Å². The highest BCUT2D eigenvalue weighted by Crippen LogP contribution is 2.12. The van der Waals surface area contributed by atoms with Crippen LogP contribution in [-0.4, -0.2) is 51.8 Å². The third-order valence-corrected chi connectivity index (χ3v) is 3.84. The zero-order valence-corrected chi connectivity index (χ0v) is 15.2. The fraction of sp³-hybridized carbons (Fsp3) is 0.350. The molecule has 25 heavy (non-hydrogen) atoms. The van der Waals surface area contributed by atoms with E-state index in [0.29, 0.717) is 6.61 Å². The minimum absolute atomic E-state index is 0.608. The smallest absolute Gasteiger partial charge is 0.193 e. The second-order valence-corrected chi connectivity index (χ2v) is 5.66. The second-order valence-electron chi connectivity index (χ2n) is 5.66. The van der Waals surface area contributed by atoms with Gasteiger partial charge in [-0.1, -0.05) is 30.3 Å². The van der Waals surface area contributed by atoms with Gasteiger partial charge in [-0.25, -0.2) is 0 Å². The molecule has 0 radical (unpaired) electrons. The summed E-state index contributed by atoms with van der Waals surface area (Å²) in [5.41, 5.74) is 1.23. The summed E-state index contributed by atoms with van der Waals surface area (Å²) < 4.78 is 11.0. The predicted molar refractivity (Wildman–Crippen MR) is 103 cm³/mol. The van der Waals surface area contributed by atoms with Crippen molar-refractivity contribution in [3.8, 4) is 11.5 Å². The van der Waals surface area contributed by atoms with Crippen LogP contribution in [0, 0.1) is 0 Å². The number of benzene rings is 2. The Hall–Kier alpha value is -2.69. The zero-order valence-electron chi connectivity index (χ0n) is 15.2. The van der Waals surface area contributed by atoms with E-state index in [-0.39, 0.29) is 0 Å². The van der Waals surface area contributed by atoms with Gasteiger partial charge in [0.15, 0.2) is 5.96 Å². The summed E-state index contributed by atoms with van der Waals surface area (Å²) in [5.74, 6) is 2.63. The maximum atomic E-state index is 5.73. The summed E-state index contributed by atoms with van der Waals surface area (Å²) in [5, 5.41) is 3.38. The standard InChI is InChI=1S/C20H27N3O2/c1-21-20(22-13-12-17-8-7-11-19(16-17)24-3)23(2)14-15-25-18-9-5-4-6-10-18/h4-11,16H,12-15H2,1-3H3,(H,21,22). The van der Waals surface area contributed by atoms with Gasteiger partial charge < -0.3 is 19.7 Å². The molecule has 5 nitrogen and oxygen atoms in total. The molecule has 0 aromatic heterocycles. The van der Waals surface area contributed by atoms with Crippen molar-refractivity contribution < 1.29 is 9.47 Å². The number of guanidine groups is 1. The number of nitrogens with one attached hydrogen (secondary N) is 1. The number of para-hydroxylation sites is 1. The van der Waals surface area contributed by atoms with Crippen molar-refractivity contribution in [2.75, 3.05) is 40.9 Å². The molecule has 2 aromatic rings. The van der Waals surface area contributed by atoms with Gasteiger partial charge in [0.05, 0.1) is 13.7 Å². The van der Waals surface area contributed by atoms with Gasteiger partial charge >= 0.3 is 0 Å². The number of methoxy groups -OCH3 is 1. The molecule has 0 bridgehead atoms. The van der Waals surface area contributed by atoms with Crippen LogP contribution in [0.1, 0.15) is 5.56 Å². The monoisotopic (exact) mass is 341 g/mol. The highest BCUT2D eigenvalue weighted by molar-refractivity contribution is 5.79. The molecule has 0 aliphatic carbocycles. The first-order valence-electron chi connectivity index (χ1n) is 8.45. The first-order chi connectivity index (χ1) is 12.2. The molecule has 0 heterocycles. The van der Waals surface area contributed by atoms with E-state index in [2.05, 4.69) is 27.3 Å². The SMILES string of the molecule is CN=C(NCCc1cccc(OC)c1)N(C)CCOc1ccccc1. The number of hydrogen-bond donors (Lipinski definition) is 1. The van der Waals surface area contributed by atoms with E-state index < -0.39 is 0 Å². The molecule has 0 amide bonds. The minimum Gasteiger partial charge on any atom is -0.497 e. The lowest BCUT2D eigenvalue weighted by atomic mass is 10.1. The fourth-order valence-electron chi connectivity index (χ4n) is 2.45.